The first-order chi connectivity index (χ1) is 7.96. The molecule has 2 fully saturated rings. The highest BCUT2D eigenvalue weighted by Gasteiger charge is 2.56. The van der Waals surface area contributed by atoms with E-state index in [4.69, 9.17) is 9.47 Å². The van der Waals surface area contributed by atoms with Crippen molar-refractivity contribution in [3.8, 4) is 0 Å². The van der Waals surface area contributed by atoms with E-state index in [1.165, 1.54) is 6.92 Å². The maximum Gasteiger partial charge on any atom is 0.312 e. The van der Waals surface area contributed by atoms with Gasteiger partial charge in [-0.1, -0.05) is 6.08 Å². The van der Waals surface area contributed by atoms with Gasteiger partial charge in [0.15, 0.2) is 0 Å². The Kier molecular flexibility index (Phi) is 2.98. The van der Waals surface area contributed by atoms with Gasteiger partial charge in [0.2, 0.25) is 0 Å². The van der Waals surface area contributed by atoms with Crippen molar-refractivity contribution >= 4 is 11.9 Å². The van der Waals surface area contributed by atoms with Crippen LogP contribution in [0.1, 0.15) is 33.1 Å². The third-order valence-corrected chi connectivity index (χ3v) is 3.72. The van der Waals surface area contributed by atoms with Crippen LogP contribution in [0.5, 0.6) is 0 Å². The first-order valence-electron chi connectivity index (χ1n) is 5.95. The molecule has 1 aliphatic carbocycles. The van der Waals surface area contributed by atoms with Gasteiger partial charge in [0, 0.05) is 19.3 Å². The van der Waals surface area contributed by atoms with Crippen LogP contribution >= 0.6 is 0 Å². The molecule has 1 saturated heterocycles. The molecule has 0 N–H and O–H groups in total. The van der Waals surface area contributed by atoms with Crippen molar-refractivity contribution in [2.75, 3.05) is 0 Å². The molecule has 0 aromatic heterocycles. The summed E-state index contributed by atoms with van der Waals surface area (Å²) in [5, 5.41) is 0. The molecule has 1 aliphatic heterocycles. The number of esters is 2. The average molecular weight is 238 g/mol. The summed E-state index contributed by atoms with van der Waals surface area (Å²) in [5.41, 5.74) is -0.408. The van der Waals surface area contributed by atoms with Crippen molar-refractivity contribution in [3.63, 3.8) is 0 Å². The van der Waals surface area contributed by atoms with Gasteiger partial charge < -0.3 is 9.47 Å². The Morgan fingerprint density at radius 1 is 1.65 bits per heavy atom. The van der Waals surface area contributed by atoms with Crippen molar-refractivity contribution < 1.29 is 19.1 Å². The van der Waals surface area contributed by atoms with E-state index < -0.39 is 5.41 Å². The molecule has 4 atom stereocenters. The molecule has 0 aromatic carbocycles. The van der Waals surface area contributed by atoms with Crippen LogP contribution in [0.3, 0.4) is 0 Å². The molecule has 1 saturated carbocycles. The second-order valence-electron chi connectivity index (χ2n) is 5.27. The van der Waals surface area contributed by atoms with Gasteiger partial charge in [-0.05, 0) is 19.8 Å². The third-order valence-electron chi connectivity index (χ3n) is 3.72. The lowest BCUT2D eigenvalue weighted by Crippen LogP contribution is -2.42. The van der Waals surface area contributed by atoms with Crippen LogP contribution in [0, 0.1) is 11.3 Å². The number of ether oxygens (including phenoxy) is 2. The van der Waals surface area contributed by atoms with Crippen molar-refractivity contribution in [1.82, 2.24) is 0 Å². The van der Waals surface area contributed by atoms with Crippen LogP contribution in [0.2, 0.25) is 0 Å². The van der Waals surface area contributed by atoms with E-state index in [-0.39, 0.29) is 30.1 Å². The van der Waals surface area contributed by atoms with Crippen molar-refractivity contribution in [2.24, 2.45) is 11.3 Å². The van der Waals surface area contributed by atoms with Gasteiger partial charge in [-0.25, -0.2) is 0 Å². The lowest BCUT2D eigenvalue weighted by molar-refractivity contribution is -0.162. The Balaban J connectivity index is 2.21. The van der Waals surface area contributed by atoms with Gasteiger partial charge in [0.25, 0.3) is 0 Å². The fraction of sp³-hybridized carbons (Fsp3) is 0.692. The molecule has 0 amide bonds. The fourth-order valence-corrected chi connectivity index (χ4v) is 2.99. The Labute approximate surface area is 101 Å². The summed E-state index contributed by atoms with van der Waals surface area (Å²) < 4.78 is 10.6. The molecule has 0 radical (unpaired) electrons. The Morgan fingerprint density at radius 2 is 2.35 bits per heavy atom. The monoisotopic (exact) mass is 238 g/mol. The molecule has 0 aromatic rings. The van der Waals surface area contributed by atoms with Crippen molar-refractivity contribution in [2.45, 2.75) is 45.3 Å². The highest BCUT2D eigenvalue weighted by atomic mass is 16.6. The van der Waals surface area contributed by atoms with E-state index in [0.717, 1.165) is 6.42 Å². The molecule has 17 heavy (non-hydrogen) atoms. The highest BCUT2D eigenvalue weighted by Crippen LogP contribution is 2.48. The predicted molar refractivity (Wildman–Crippen MR) is 61.1 cm³/mol. The minimum Gasteiger partial charge on any atom is -0.458 e. The van der Waals surface area contributed by atoms with E-state index in [0.29, 0.717) is 12.8 Å². The van der Waals surface area contributed by atoms with Gasteiger partial charge in [-0.15, -0.1) is 6.58 Å². The number of allylic oxidation sites excluding steroid dienone is 1. The first kappa shape index (κ1) is 12.1. The first-order valence-corrected chi connectivity index (χ1v) is 5.95. The molecule has 2 aliphatic rings. The lowest BCUT2D eigenvalue weighted by Gasteiger charge is -2.36. The van der Waals surface area contributed by atoms with Gasteiger partial charge in [-0.2, -0.15) is 0 Å². The summed E-state index contributed by atoms with van der Waals surface area (Å²) in [7, 11) is 0. The largest absolute Gasteiger partial charge is 0.458 e. The summed E-state index contributed by atoms with van der Waals surface area (Å²) in [5.74, 6) is -0.353. The molecular weight excluding hydrogens is 220 g/mol. The Bertz CT molecular complexity index is 362. The van der Waals surface area contributed by atoms with E-state index in [9.17, 15) is 9.59 Å². The van der Waals surface area contributed by atoms with Crippen LogP contribution in [0.15, 0.2) is 12.7 Å². The molecule has 1 heterocycles. The zero-order chi connectivity index (χ0) is 12.6. The quantitative estimate of drug-likeness (QED) is 0.556. The summed E-state index contributed by atoms with van der Waals surface area (Å²) >= 11 is 0. The average Bonchev–Trinajstić information content (AvgIpc) is 2.46. The molecule has 2 bridgehead atoms. The molecule has 1 unspecified atom stereocenters. The Hall–Kier alpha value is -1.32. The topological polar surface area (TPSA) is 52.6 Å². The van der Waals surface area contributed by atoms with E-state index in [1.807, 2.05) is 6.92 Å². The predicted octanol–water partition coefficient (Wildman–Crippen LogP) is 1.84. The molecular formula is C13H18O4. The van der Waals surface area contributed by atoms with Gasteiger partial charge in [0.05, 0.1) is 5.41 Å². The van der Waals surface area contributed by atoms with E-state index in [1.54, 1.807) is 6.08 Å². The SMILES string of the molecule is C=CC[C@H]1C[C@]2(C)C[C@@H](OC2=O)C1OC(C)=O. The van der Waals surface area contributed by atoms with Crippen LogP contribution < -0.4 is 0 Å². The number of fused-ring (bicyclic) bond motifs is 2. The van der Waals surface area contributed by atoms with Crippen LogP contribution in [0.4, 0.5) is 0 Å². The number of carbonyl (C=O) groups excluding carboxylic acids is 2. The fourth-order valence-electron chi connectivity index (χ4n) is 2.99. The number of hydrogen-bond acceptors (Lipinski definition) is 4. The van der Waals surface area contributed by atoms with Gasteiger partial charge >= 0.3 is 11.9 Å². The standard InChI is InChI=1S/C13H18O4/c1-4-5-9-6-13(3)7-10(17-12(13)15)11(9)16-8(2)14/h4,9-11H,1,5-7H2,2-3H3/t9-,10+,11?,13+/m0/s1. The molecule has 2 rings (SSSR count). The van der Waals surface area contributed by atoms with Gasteiger partial charge in [0.1, 0.15) is 12.2 Å². The Morgan fingerprint density at radius 3 is 2.94 bits per heavy atom. The van der Waals surface area contributed by atoms with Crippen molar-refractivity contribution in [1.29, 1.82) is 0 Å². The second kappa shape index (κ2) is 4.17. The normalized spacial score (nSPS) is 39.6. The number of rotatable bonds is 3. The summed E-state index contributed by atoms with van der Waals surface area (Å²) in [6, 6.07) is 0. The van der Waals surface area contributed by atoms with Crippen LogP contribution in [-0.4, -0.2) is 24.1 Å². The summed E-state index contributed by atoms with van der Waals surface area (Å²) in [6.45, 7) is 7.02. The van der Waals surface area contributed by atoms with Crippen LogP contribution in [0.25, 0.3) is 0 Å². The molecule has 4 nitrogen and oxygen atoms in total. The van der Waals surface area contributed by atoms with E-state index >= 15 is 0 Å². The second-order valence-corrected chi connectivity index (χ2v) is 5.27. The maximum atomic E-state index is 11.8. The molecule has 0 spiro atoms. The van der Waals surface area contributed by atoms with Crippen molar-refractivity contribution in [3.05, 3.63) is 12.7 Å². The minimum atomic E-state index is -0.408. The zero-order valence-electron chi connectivity index (χ0n) is 10.3. The number of hydrogen-bond donors (Lipinski definition) is 0. The van der Waals surface area contributed by atoms with Crippen LogP contribution in [-0.2, 0) is 19.1 Å². The number of carbonyl (C=O) groups is 2. The molecule has 94 valence electrons. The van der Waals surface area contributed by atoms with Gasteiger partial charge in [-0.3, -0.25) is 9.59 Å². The minimum absolute atomic E-state index is 0.131. The third kappa shape index (κ3) is 2.08. The molecule has 4 heteroatoms. The lowest BCUT2D eigenvalue weighted by atomic mass is 9.69. The highest BCUT2D eigenvalue weighted by molar-refractivity contribution is 5.79. The summed E-state index contributed by atoms with van der Waals surface area (Å²) in [6.07, 6.45) is 3.30. The summed E-state index contributed by atoms with van der Waals surface area (Å²) in [4.78, 5) is 22.9. The smallest absolute Gasteiger partial charge is 0.312 e. The maximum absolute atomic E-state index is 11.8. The van der Waals surface area contributed by atoms with E-state index in [2.05, 4.69) is 6.58 Å². The zero-order valence-corrected chi connectivity index (χ0v) is 10.3.